The highest BCUT2D eigenvalue weighted by molar-refractivity contribution is 7.08. The monoisotopic (exact) mass is 287 g/mol. The van der Waals surface area contributed by atoms with Crippen LogP contribution in [0.25, 0.3) is 21.6 Å². The molecule has 2 heterocycles. The first-order valence-corrected chi connectivity index (χ1v) is 7.14. The number of hydrogen-bond acceptors (Lipinski definition) is 4. The second-order valence-corrected chi connectivity index (χ2v) is 5.65. The van der Waals surface area contributed by atoms with E-state index in [1.54, 1.807) is 11.3 Å². The highest BCUT2D eigenvalue weighted by Crippen LogP contribution is 2.43. The minimum atomic E-state index is -0.634. The zero-order chi connectivity index (χ0) is 14.0. The van der Waals surface area contributed by atoms with E-state index in [1.165, 1.54) is 0 Å². The molecule has 0 radical (unpaired) electrons. The lowest BCUT2D eigenvalue weighted by Gasteiger charge is -2.35. The van der Waals surface area contributed by atoms with Crippen molar-refractivity contribution in [2.24, 2.45) is 5.11 Å². The van der Waals surface area contributed by atoms with Gasteiger partial charge in [0.15, 0.2) is 11.5 Å². The molecule has 0 saturated heterocycles. The minimum absolute atomic E-state index is 0.237. The van der Waals surface area contributed by atoms with Crippen molar-refractivity contribution in [1.29, 1.82) is 0 Å². The molecular weight excluding hydrogens is 274 g/mol. The number of hydrogen-bond donors (Lipinski definition) is 0. The van der Waals surface area contributed by atoms with Crippen molar-refractivity contribution in [3.05, 3.63) is 45.5 Å². The molecule has 1 aliphatic heterocycles. The van der Waals surface area contributed by atoms with E-state index in [9.17, 15) is 0 Å². The molecule has 1 aromatic carbocycles. The third-order valence-corrected chi connectivity index (χ3v) is 3.84. The molecule has 0 amide bonds. The first kappa shape index (κ1) is 12.8. The molecule has 0 unspecified atom stereocenters. The Morgan fingerprint density at radius 2 is 2.35 bits per heavy atom. The summed E-state index contributed by atoms with van der Waals surface area (Å²) in [5, 5.41) is 7.70. The first-order chi connectivity index (χ1) is 9.72. The smallest absolute Gasteiger partial charge is 0.170 e. The van der Waals surface area contributed by atoms with E-state index < -0.39 is 5.60 Å². The molecule has 102 valence electrons. The maximum Gasteiger partial charge on any atom is 0.170 e. The van der Waals surface area contributed by atoms with Crippen LogP contribution in [0.5, 0.6) is 11.5 Å². The lowest BCUT2D eigenvalue weighted by Crippen LogP contribution is -2.44. The molecule has 1 aliphatic rings. The first-order valence-electron chi connectivity index (χ1n) is 6.20. The van der Waals surface area contributed by atoms with Crippen LogP contribution in [0.2, 0.25) is 0 Å². The Kier molecular flexibility index (Phi) is 3.26. The third-order valence-electron chi connectivity index (χ3n) is 3.16. The van der Waals surface area contributed by atoms with Gasteiger partial charge in [-0.15, -0.1) is 0 Å². The van der Waals surface area contributed by atoms with Gasteiger partial charge in [0, 0.05) is 10.5 Å². The standard InChI is InChI=1S/C14H13N3O2S/c1-14(8-16-17-15)9-18-12-4-2-3-11(13(12)19-14)10-5-6-20-7-10/h2-7H,8-9H2,1H3/t14-/m0/s1. The van der Waals surface area contributed by atoms with Crippen molar-refractivity contribution in [3.8, 4) is 22.6 Å². The molecule has 6 heteroatoms. The normalized spacial score (nSPS) is 20.2. The summed E-state index contributed by atoms with van der Waals surface area (Å²) in [6.07, 6.45) is 0. The highest BCUT2D eigenvalue weighted by atomic mass is 32.1. The van der Waals surface area contributed by atoms with Crippen LogP contribution >= 0.6 is 11.3 Å². The molecule has 0 bridgehead atoms. The van der Waals surface area contributed by atoms with Crippen molar-refractivity contribution in [2.75, 3.05) is 13.2 Å². The fourth-order valence-corrected chi connectivity index (χ4v) is 2.80. The van der Waals surface area contributed by atoms with E-state index in [0.717, 1.165) is 16.9 Å². The summed E-state index contributed by atoms with van der Waals surface area (Å²) < 4.78 is 11.9. The second kappa shape index (κ2) is 5.07. The van der Waals surface area contributed by atoms with Crippen LogP contribution in [0.15, 0.2) is 40.1 Å². The summed E-state index contributed by atoms with van der Waals surface area (Å²) in [5.41, 5.74) is 9.94. The van der Waals surface area contributed by atoms with Crippen LogP contribution in [0.1, 0.15) is 6.92 Å². The summed E-state index contributed by atoms with van der Waals surface area (Å²) in [7, 11) is 0. The molecule has 0 fully saturated rings. The molecule has 20 heavy (non-hydrogen) atoms. The predicted octanol–water partition coefficient (Wildman–Crippen LogP) is 4.26. The number of nitrogens with zero attached hydrogens (tertiary/aromatic N) is 3. The number of azide groups is 1. The quantitative estimate of drug-likeness (QED) is 0.481. The number of ether oxygens (including phenoxy) is 2. The van der Waals surface area contributed by atoms with Crippen LogP contribution in [0, 0.1) is 0 Å². The number of benzene rings is 1. The van der Waals surface area contributed by atoms with Gasteiger partial charge >= 0.3 is 0 Å². The van der Waals surface area contributed by atoms with Crippen molar-refractivity contribution >= 4 is 11.3 Å². The number of thiophene rings is 1. The van der Waals surface area contributed by atoms with E-state index in [2.05, 4.69) is 15.4 Å². The fourth-order valence-electron chi connectivity index (χ4n) is 2.15. The Bertz CT molecular complexity index is 665. The SMILES string of the molecule is C[C@]1(CN=[N+]=[N-])COc2cccc(-c3ccsc3)c2O1. The molecule has 0 saturated carbocycles. The molecule has 1 aromatic heterocycles. The van der Waals surface area contributed by atoms with Gasteiger partial charge in [0.1, 0.15) is 12.2 Å². The Hall–Kier alpha value is -2.17. The maximum absolute atomic E-state index is 8.47. The fraction of sp³-hybridized carbons (Fsp3) is 0.286. The van der Waals surface area contributed by atoms with E-state index in [0.29, 0.717) is 12.4 Å². The van der Waals surface area contributed by atoms with Crippen molar-refractivity contribution in [1.82, 2.24) is 0 Å². The molecule has 0 spiro atoms. The van der Waals surface area contributed by atoms with Gasteiger partial charge in [-0.05, 0) is 40.9 Å². The van der Waals surface area contributed by atoms with Crippen molar-refractivity contribution in [3.63, 3.8) is 0 Å². The van der Waals surface area contributed by atoms with Gasteiger partial charge in [0.25, 0.3) is 0 Å². The zero-order valence-electron chi connectivity index (χ0n) is 10.9. The van der Waals surface area contributed by atoms with Crippen LogP contribution in [-0.2, 0) is 0 Å². The highest BCUT2D eigenvalue weighted by Gasteiger charge is 2.34. The Balaban J connectivity index is 2.01. The van der Waals surface area contributed by atoms with Gasteiger partial charge in [0.05, 0.1) is 6.54 Å². The van der Waals surface area contributed by atoms with E-state index in [4.69, 9.17) is 15.0 Å². The second-order valence-electron chi connectivity index (χ2n) is 4.87. The lowest BCUT2D eigenvalue weighted by molar-refractivity contribution is 0.0142. The Morgan fingerprint density at radius 3 is 3.10 bits per heavy atom. The average molecular weight is 287 g/mol. The van der Waals surface area contributed by atoms with Gasteiger partial charge in [-0.25, -0.2) is 0 Å². The van der Waals surface area contributed by atoms with Gasteiger partial charge in [-0.3, -0.25) is 0 Å². The average Bonchev–Trinajstić information content (AvgIpc) is 2.98. The lowest BCUT2D eigenvalue weighted by atomic mass is 10.0. The van der Waals surface area contributed by atoms with Gasteiger partial charge in [0.2, 0.25) is 0 Å². The van der Waals surface area contributed by atoms with Gasteiger partial charge in [-0.2, -0.15) is 11.3 Å². The number of fused-ring (bicyclic) bond motifs is 1. The zero-order valence-corrected chi connectivity index (χ0v) is 11.8. The topological polar surface area (TPSA) is 67.2 Å². The molecule has 2 aromatic rings. The summed E-state index contributed by atoms with van der Waals surface area (Å²) in [6, 6.07) is 7.89. The van der Waals surface area contributed by atoms with E-state index >= 15 is 0 Å². The predicted molar refractivity (Wildman–Crippen MR) is 78.3 cm³/mol. The molecule has 1 atom stereocenters. The minimum Gasteiger partial charge on any atom is -0.486 e. The summed E-state index contributed by atoms with van der Waals surface area (Å²) in [4.78, 5) is 2.79. The van der Waals surface area contributed by atoms with Crippen LogP contribution < -0.4 is 9.47 Å². The molecule has 0 N–H and O–H groups in total. The molecule has 0 aliphatic carbocycles. The number of rotatable bonds is 3. The van der Waals surface area contributed by atoms with Gasteiger partial charge in [-0.1, -0.05) is 17.2 Å². The summed E-state index contributed by atoms with van der Waals surface area (Å²) >= 11 is 1.64. The Morgan fingerprint density at radius 1 is 1.45 bits per heavy atom. The van der Waals surface area contributed by atoms with Crippen LogP contribution in [0.3, 0.4) is 0 Å². The van der Waals surface area contributed by atoms with Crippen molar-refractivity contribution in [2.45, 2.75) is 12.5 Å². The molecular formula is C14H13N3O2S. The molecule has 3 rings (SSSR count). The maximum atomic E-state index is 8.47. The van der Waals surface area contributed by atoms with Crippen LogP contribution in [-0.4, -0.2) is 18.8 Å². The Labute approximate surface area is 120 Å². The van der Waals surface area contributed by atoms with E-state index in [-0.39, 0.29) is 6.54 Å². The van der Waals surface area contributed by atoms with Crippen LogP contribution in [0.4, 0.5) is 0 Å². The third kappa shape index (κ3) is 2.31. The number of para-hydroxylation sites is 1. The summed E-state index contributed by atoms with van der Waals surface area (Å²) in [5.74, 6) is 1.44. The molecule has 5 nitrogen and oxygen atoms in total. The summed E-state index contributed by atoms with van der Waals surface area (Å²) in [6.45, 7) is 2.49. The largest absolute Gasteiger partial charge is 0.486 e. The van der Waals surface area contributed by atoms with Crippen molar-refractivity contribution < 1.29 is 9.47 Å². The van der Waals surface area contributed by atoms with E-state index in [1.807, 2.05) is 36.6 Å². The van der Waals surface area contributed by atoms with Gasteiger partial charge < -0.3 is 9.47 Å².